The second kappa shape index (κ2) is 7.52. The minimum absolute atomic E-state index is 0.767. The fourth-order valence-electron chi connectivity index (χ4n) is 3.47. The number of rotatable bonds is 7. The van der Waals surface area contributed by atoms with Crippen molar-refractivity contribution in [1.29, 1.82) is 0 Å². The van der Waals surface area contributed by atoms with Crippen molar-refractivity contribution in [2.75, 3.05) is 13.3 Å². The third-order valence-electron chi connectivity index (χ3n) is 5.05. The maximum atomic E-state index is 6.95. The van der Waals surface area contributed by atoms with Gasteiger partial charge in [0.15, 0.2) is 0 Å². The molecule has 0 amide bonds. The van der Waals surface area contributed by atoms with Crippen molar-refractivity contribution in [2.45, 2.75) is 19.8 Å². The molecule has 3 aromatic rings. The van der Waals surface area contributed by atoms with Crippen molar-refractivity contribution in [3.8, 4) is 0 Å². The molecule has 0 fully saturated rings. The van der Waals surface area contributed by atoms with Gasteiger partial charge in [0.2, 0.25) is 0 Å². The van der Waals surface area contributed by atoms with Gasteiger partial charge in [-0.1, -0.05) is 0 Å². The first-order valence-corrected chi connectivity index (χ1v) is 11.6. The second-order valence-corrected chi connectivity index (χ2v) is 11.4. The van der Waals surface area contributed by atoms with E-state index < -0.39 is 6.83 Å². The van der Waals surface area contributed by atoms with E-state index in [1.807, 2.05) is 0 Å². The summed E-state index contributed by atoms with van der Waals surface area (Å²) in [5.41, 5.74) is 0. The van der Waals surface area contributed by atoms with Gasteiger partial charge in [0.25, 0.3) is 0 Å². The van der Waals surface area contributed by atoms with E-state index in [2.05, 4.69) is 105 Å². The van der Waals surface area contributed by atoms with Gasteiger partial charge in [-0.15, -0.1) is 0 Å². The molecule has 25 heavy (non-hydrogen) atoms. The Hall–Kier alpha value is -1.95. The molecule has 0 aliphatic heterocycles. The summed E-state index contributed by atoms with van der Waals surface area (Å²) in [4.78, 5) is 0. The Labute approximate surface area is 151 Å². The summed E-state index contributed by atoms with van der Waals surface area (Å²) >= 11 is 0. The molecule has 0 heterocycles. The van der Waals surface area contributed by atoms with Gasteiger partial charge >= 0.3 is 151 Å². The van der Waals surface area contributed by atoms with Crippen LogP contribution in [0.25, 0.3) is 0 Å². The molecule has 3 aromatic carbocycles. The Morgan fingerprint density at radius 1 is 0.640 bits per heavy atom. The molecule has 2 heteroatoms. The molecular weight excluding hydrogens is 323 g/mol. The predicted molar refractivity (Wildman–Crippen MR) is 112 cm³/mol. The average Bonchev–Trinajstić information content (AvgIpc) is 2.70. The van der Waals surface area contributed by atoms with Gasteiger partial charge in [0.1, 0.15) is 0 Å². The summed E-state index contributed by atoms with van der Waals surface area (Å²) in [6, 6.07) is 32.3. The molecule has 130 valence electrons. The molecule has 0 radical (unpaired) electrons. The van der Waals surface area contributed by atoms with Gasteiger partial charge < -0.3 is 0 Å². The molecule has 0 spiro atoms. The average molecular weight is 350 g/mol. The Kier molecular flexibility index (Phi) is 5.37. The summed E-state index contributed by atoms with van der Waals surface area (Å²) in [5, 5.41) is 3.84. The van der Waals surface area contributed by atoms with Crippen molar-refractivity contribution >= 4 is 22.7 Å². The topological polar surface area (TPSA) is 9.23 Å². The van der Waals surface area contributed by atoms with E-state index in [0.29, 0.717) is 0 Å². The van der Waals surface area contributed by atoms with E-state index in [1.165, 1.54) is 15.9 Å². The van der Waals surface area contributed by atoms with Crippen molar-refractivity contribution < 1.29 is 4.52 Å². The minimum atomic E-state index is -2.97. The van der Waals surface area contributed by atoms with Gasteiger partial charge in [0.05, 0.1) is 0 Å². The van der Waals surface area contributed by atoms with Crippen molar-refractivity contribution in [2.24, 2.45) is 0 Å². The van der Waals surface area contributed by atoms with Crippen LogP contribution in [0.5, 0.6) is 0 Å². The van der Waals surface area contributed by atoms with Crippen LogP contribution in [0.3, 0.4) is 0 Å². The van der Waals surface area contributed by atoms with Crippen LogP contribution in [-0.4, -0.2) is 13.3 Å². The summed E-state index contributed by atoms with van der Waals surface area (Å²) in [5.74, 6) is 0. The molecule has 0 aliphatic rings. The van der Waals surface area contributed by atoms with Crippen LogP contribution in [0.4, 0.5) is 0 Å². The maximum absolute atomic E-state index is 6.95. The van der Waals surface area contributed by atoms with Crippen LogP contribution >= 0.6 is 6.83 Å². The number of hydrogen-bond acceptors (Lipinski definition) is 1. The van der Waals surface area contributed by atoms with Gasteiger partial charge in [-0.05, 0) is 0 Å². The third kappa shape index (κ3) is 3.15. The molecule has 0 unspecified atom stereocenters. The quantitative estimate of drug-likeness (QED) is 0.436. The van der Waals surface area contributed by atoms with Crippen molar-refractivity contribution in [3.05, 3.63) is 91.0 Å². The Morgan fingerprint density at radius 2 is 1.00 bits per heavy atom. The summed E-state index contributed by atoms with van der Waals surface area (Å²) in [6.07, 6.45) is 2.20. The molecule has 0 aromatic heterocycles. The molecule has 0 saturated carbocycles. The van der Waals surface area contributed by atoms with E-state index >= 15 is 0 Å². The summed E-state index contributed by atoms with van der Waals surface area (Å²) in [7, 11) is 0. The van der Waals surface area contributed by atoms with Crippen LogP contribution in [0, 0.1) is 0 Å². The van der Waals surface area contributed by atoms with E-state index in [4.69, 9.17) is 4.52 Å². The summed E-state index contributed by atoms with van der Waals surface area (Å²) < 4.78 is 6.95. The second-order valence-electron chi connectivity index (χ2n) is 6.66. The van der Waals surface area contributed by atoms with Crippen LogP contribution in [0.15, 0.2) is 91.0 Å². The Bertz CT molecular complexity index is 685. The third-order valence-corrected chi connectivity index (χ3v) is 10.5. The first-order valence-electron chi connectivity index (χ1n) is 9.03. The fourth-order valence-corrected chi connectivity index (χ4v) is 8.07. The van der Waals surface area contributed by atoms with Crippen molar-refractivity contribution in [3.63, 3.8) is 0 Å². The first-order chi connectivity index (χ1) is 12.2. The van der Waals surface area contributed by atoms with E-state index in [9.17, 15) is 0 Å². The standard InChI is InChI=1S/C23H27OP/c1-3-4-20-24-25(2,21-14-8-5-9-15-21,22-16-10-6-11-17-22)23-18-12-7-13-19-23/h5-19H,3-4,20H2,1-2H3. The molecule has 3 rings (SSSR count). The zero-order chi connectivity index (χ0) is 17.6. The van der Waals surface area contributed by atoms with Crippen LogP contribution in [-0.2, 0) is 4.52 Å². The number of benzene rings is 3. The summed E-state index contributed by atoms with van der Waals surface area (Å²) in [6.45, 7) is 2.36. The van der Waals surface area contributed by atoms with E-state index in [0.717, 1.165) is 19.4 Å². The monoisotopic (exact) mass is 350 g/mol. The zero-order valence-electron chi connectivity index (χ0n) is 15.1. The van der Waals surface area contributed by atoms with Gasteiger partial charge in [-0.2, -0.15) is 0 Å². The van der Waals surface area contributed by atoms with E-state index in [1.54, 1.807) is 0 Å². The molecule has 0 bridgehead atoms. The van der Waals surface area contributed by atoms with Crippen molar-refractivity contribution in [1.82, 2.24) is 0 Å². The normalized spacial score (nSPS) is 13.1. The van der Waals surface area contributed by atoms with Gasteiger partial charge in [-0.3, -0.25) is 0 Å². The Balaban J connectivity index is 2.32. The van der Waals surface area contributed by atoms with Crippen LogP contribution in [0.1, 0.15) is 19.8 Å². The Morgan fingerprint density at radius 3 is 1.32 bits per heavy atom. The molecule has 0 aliphatic carbocycles. The van der Waals surface area contributed by atoms with Crippen LogP contribution < -0.4 is 15.9 Å². The molecule has 0 N–H and O–H groups in total. The zero-order valence-corrected chi connectivity index (χ0v) is 16.0. The van der Waals surface area contributed by atoms with E-state index in [-0.39, 0.29) is 0 Å². The molecule has 1 nitrogen and oxygen atoms in total. The molecular formula is C23H27OP. The SMILES string of the molecule is CCCCOP(C)(c1ccccc1)(c1ccccc1)c1ccccc1. The molecule has 0 atom stereocenters. The van der Waals surface area contributed by atoms with Gasteiger partial charge in [0, 0.05) is 0 Å². The van der Waals surface area contributed by atoms with Gasteiger partial charge in [-0.25, -0.2) is 0 Å². The fraction of sp³-hybridized carbons (Fsp3) is 0.217. The number of hydrogen-bond donors (Lipinski definition) is 0. The molecule has 0 saturated heterocycles. The first kappa shape index (κ1) is 17.9. The predicted octanol–water partition coefficient (Wildman–Crippen LogP) is 4.88. The number of unbranched alkanes of at least 4 members (excludes halogenated alkanes) is 1. The van der Waals surface area contributed by atoms with Crippen LogP contribution in [0.2, 0.25) is 0 Å².